The second-order valence-corrected chi connectivity index (χ2v) is 8.00. The van der Waals surface area contributed by atoms with E-state index in [0.717, 1.165) is 23.4 Å². The standard InChI is InChI=1S/C23H26N6O4/c1-13-16(14(2)29-23(26-13)17(12-25-29)22(24)32)7-9-20(30)27-15-6-8-18(19(11-15)33-3)28-10-4-5-21(28)31/h6,8,11-12H,4-5,7,9-10H2,1-3H3,(H2,24,32)(H,27,30). The van der Waals surface area contributed by atoms with Crippen LogP contribution in [-0.4, -0.2) is 46.0 Å². The Hall–Kier alpha value is -3.95. The number of primary amides is 1. The van der Waals surface area contributed by atoms with Gasteiger partial charge in [-0.2, -0.15) is 5.10 Å². The van der Waals surface area contributed by atoms with E-state index < -0.39 is 5.91 Å². The van der Waals surface area contributed by atoms with E-state index in [9.17, 15) is 14.4 Å². The van der Waals surface area contributed by atoms with Gasteiger partial charge in [-0.1, -0.05) is 0 Å². The maximum atomic E-state index is 12.6. The number of hydrogen-bond acceptors (Lipinski definition) is 6. The Kier molecular flexibility index (Phi) is 5.99. The number of carbonyl (C=O) groups is 3. The second-order valence-electron chi connectivity index (χ2n) is 8.00. The molecular weight excluding hydrogens is 424 g/mol. The van der Waals surface area contributed by atoms with Gasteiger partial charge in [-0.15, -0.1) is 0 Å². The monoisotopic (exact) mass is 450 g/mol. The van der Waals surface area contributed by atoms with E-state index in [1.807, 2.05) is 13.8 Å². The molecular formula is C23H26N6O4. The van der Waals surface area contributed by atoms with Crippen molar-refractivity contribution in [3.8, 4) is 5.75 Å². The van der Waals surface area contributed by atoms with Crippen LogP contribution in [0.15, 0.2) is 24.4 Å². The molecule has 1 saturated heterocycles. The molecule has 10 heteroatoms. The number of nitrogens with one attached hydrogen (secondary N) is 1. The number of ether oxygens (including phenoxy) is 1. The first kappa shape index (κ1) is 22.3. The van der Waals surface area contributed by atoms with Gasteiger partial charge in [-0.3, -0.25) is 14.4 Å². The average molecular weight is 450 g/mol. The molecule has 3 amide bonds. The summed E-state index contributed by atoms with van der Waals surface area (Å²) in [5.74, 6) is -0.145. The van der Waals surface area contributed by atoms with Crippen LogP contribution >= 0.6 is 0 Å². The molecule has 0 unspecified atom stereocenters. The molecule has 1 aliphatic rings. The van der Waals surface area contributed by atoms with Crippen LogP contribution in [0.25, 0.3) is 5.65 Å². The van der Waals surface area contributed by atoms with Crippen molar-refractivity contribution in [1.82, 2.24) is 14.6 Å². The van der Waals surface area contributed by atoms with E-state index >= 15 is 0 Å². The fraction of sp³-hybridized carbons (Fsp3) is 0.348. The highest BCUT2D eigenvalue weighted by Gasteiger charge is 2.24. The van der Waals surface area contributed by atoms with Gasteiger partial charge in [0.15, 0.2) is 5.65 Å². The number of anilines is 2. The van der Waals surface area contributed by atoms with Crippen molar-refractivity contribution in [2.75, 3.05) is 23.9 Å². The van der Waals surface area contributed by atoms with Crippen LogP contribution in [0.2, 0.25) is 0 Å². The van der Waals surface area contributed by atoms with Gasteiger partial charge >= 0.3 is 0 Å². The molecule has 0 bridgehead atoms. The Morgan fingerprint density at radius 3 is 2.73 bits per heavy atom. The fourth-order valence-electron chi connectivity index (χ4n) is 4.19. The van der Waals surface area contributed by atoms with Crippen molar-refractivity contribution in [2.45, 2.75) is 39.5 Å². The number of benzene rings is 1. The number of hydrogen-bond donors (Lipinski definition) is 2. The third-order valence-corrected chi connectivity index (χ3v) is 5.90. The number of aromatic nitrogens is 3. The Labute approximate surface area is 190 Å². The van der Waals surface area contributed by atoms with Crippen LogP contribution < -0.4 is 20.7 Å². The fourth-order valence-corrected chi connectivity index (χ4v) is 4.19. The zero-order valence-corrected chi connectivity index (χ0v) is 18.8. The number of nitrogens with two attached hydrogens (primary N) is 1. The van der Waals surface area contributed by atoms with Gasteiger partial charge in [-0.05, 0) is 44.4 Å². The summed E-state index contributed by atoms with van der Waals surface area (Å²) in [6.07, 6.45) is 3.44. The highest BCUT2D eigenvalue weighted by atomic mass is 16.5. The van der Waals surface area contributed by atoms with Gasteiger partial charge in [0.1, 0.15) is 11.3 Å². The van der Waals surface area contributed by atoms with Gasteiger partial charge in [0, 0.05) is 42.5 Å². The van der Waals surface area contributed by atoms with Crippen molar-refractivity contribution >= 4 is 34.7 Å². The van der Waals surface area contributed by atoms with Gasteiger partial charge in [0.25, 0.3) is 5.91 Å². The van der Waals surface area contributed by atoms with Gasteiger partial charge in [0.2, 0.25) is 11.8 Å². The Balaban J connectivity index is 1.47. The summed E-state index contributed by atoms with van der Waals surface area (Å²) in [6, 6.07) is 5.27. The highest BCUT2D eigenvalue weighted by Crippen LogP contribution is 2.34. The summed E-state index contributed by atoms with van der Waals surface area (Å²) in [4.78, 5) is 42.5. The third-order valence-electron chi connectivity index (χ3n) is 5.90. The number of aryl methyl sites for hydroxylation is 2. The predicted molar refractivity (Wildman–Crippen MR) is 123 cm³/mol. The van der Waals surface area contributed by atoms with E-state index in [0.29, 0.717) is 42.2 Å². The van der Waals surface area contributed by atoms with E-state index in [4.69, 9.17) is 10.5 Å². The summed E-state index contributed by atoms with van der Waals surface area (Å²) in [7, 11) is 1.54. The molecule has 33 heavy (non-hydrogen) atoms. The lowest BCUT2D eigenvalue weighted by Gasteiger charge is -2.19. The summed E-state index contributed by atoms with van der Waals surface area (Å²) < 4.78 is 7.03. The smallest absolute Gasteiger partial charge is 0.254 e. The molecule has 1 aliphatic heterocycles. The molecule has 0 radical (unpaired) electrons. The Morgan fingerprint density at radius 1 is 1.27 bits per heavy atom. The van der Waals surface area contributed by atoms with Crippen LogP contribution in [0.1, 0.15) is 46.6 Å². The van der Waals surface area contributed by atoms with Crippen LogP contribution in [0.5, 0.6) is 5.75 Å². The number of amides is 3. The van der Waals surface area contributed by atoms with Gasteiger partial charge < -0.3 is 20.7 Å². The van der Waals surface area contributed by atoms with Crippen LogP contribution in [0.3, 0.4) is 0 Å². The molecule has 1 fully saturated rings. The van der Waals surface area contributed by atoms with Crippen molar-refractivity contribution in [1.29, 1.82) is 0 Å². The lowest BCUT2D eigenvalue weighted by atomic mass is 10.1. The minimum atomic E-state index is -0.584. The largest absolute Gasteiger partial charge is 0.494 e. The molecule has 3 aromatic rings. The molecule has 0 atom stereocenters. The van der Waals surface area contributed by atoms with E-state index in [-0.39, 0.29) is 23.8 Å². The Morgan fingerprint density at radius 2 is 2.06 bits per heavy atom. The molecule has 10 nitrogen and oxygen atoms in total. The van der Waals surface area contributed by atoms with Gasteiger partial charge in [0.05, 0.1) is 19.0 Å². The Bertz CT molecular complexity index is 1270. The first-order chi connectivity index (χ1) is 15.8. The van der Waals surface area contributed by atoms with Crippen molar-refractivity contribution in [2.24, 2.45) is 5.73 Å². The van der Waals surface area contributed by atoms with Crippen LogP contribution in [0.4, 0.5) is 11.4 Å². The molecule has 1 aromatic carbocycles. The number of nitrogens with zero attached hydrogens (tertiary/aromatic N) is 4. The number of rotatable bonds is 7. The summed E-state index contributed by atoms with van der Waals surface area (Å²) in [6.45, 7) is 4.37. The number of fused-ring (bicyclic) bond motifs is 1. The highest BCUT2D eigenvalue weighted by molar-refractivity contribution is 5.99. The SMILES string of the molecule is COc1cc(NC(=O)CCc2c(C)nc3c(C(N)=O)cnn3c2C)ccc1N1CCCC1=O. The molecule has 2 aromatic heterocycles. The first-order valence-corrected chi connectivity index (χ1v) is 10.7. The molecule has 0 aliphatic carbocycles. The zero-order chi connectivity index (χ0) is 23.7. The molecule has 3 heterocycles. The second kappa shape index (κ2) is 8.89. The summed E-state index contributed by atoms with van der Waals surface area (Å²) in [5.41, 5.74) is 9.77. The maximum Gasteiger partial charge on any atom is 0.254 e. The quantitative estimate of drug-likeness (QED) is 0.567. The van der Waals surface area contributed by atoms with Gasteiger partial charge in [-0.25, -0.2) is 9.50 Å². The molecule has 0 spiro atoms. The number of carbonyl (C=O) groups excluding carboxylic acids is 3. The van der Waals surface area contributed by atoms with E-state index in [1.54, 1.807) is 34.7 Å². The minimum Gasteiger partial charge on any atom is -0.494 e. The molecule has 3 N–H and O–H groups in total. The van der Waals surface area contributed by atoms with E-state index in [2.05, 4.69) is 15.4 Å². The zero-order valence-electron chi connectivity index (χ0n) is 18.8. The lowest BCUT2D eigenvalue weighted by molar-refractivity contribution is -0.117. The number of methoxy groups -OCH3 is 1. The maximum absolute atomic E-state index is 12.6. The predicted octanol–water partition coefficient (Wildman–Crippen LogP) is 2.15. The molecule has 172 valence electrons. The van der Waals surface area contributed by atoms with Crippen LogP contribution in [-0.2, 0) is 16.0 Å². The van der Waals surface area contributed by atoms with E-state index in [1.165, 1.54) is 6.20 Å². The normalized spacial score (nSPS) is 13.5. The lowest BCUT2D eigenvalue weighted by Crippen LogP contribution is -2.24. The minimum absolute atomic E-state index is 0.0709. The van der Waals surface area contributed by atoms with Crippen molar-refractivity contribution in [3.05, 3.63) is 46.9 Å². The topological polar surface area (TPSA) is 132 Å². The molecule has 0 saturated carbocycles. The first-order valence-electron chi connectivity index (χ1n) is 10.7. The summed E-state index contributed by atoms with van der Waals surface area (Å²) >= 11 is 0. The third kappa shape index (κ3) is 4.23. The van der Waals surface area contributed by atoms with Crippen molar-refractivity contribution < 1.29 is 19.1 Å². The average Bonchev–Trinajstić information content (AvgIpc) is 3.39. The summed E-state index contributed by atoms with van der Waals surface area (Å²) in [5, 5.41) is 7.10. The van der Waals surface area contributed by atoms with Crippen molar-refractivity contribution in [3.63, 3.8) is 0 Å². The van der Waals surface area contributed by atoms with Crippen LogP contribution in [0, 0.1) is 13.8 Å². The molecule has 4 rings (SSSR count).